The average Bonchev–Trinajstić information content (AvgIpc) is 1.86. The van der Waals surface area contributed by atoms with Gasteiger partial charge in [-0.15, -0.1) is 6.58 Å². The molecule has 0 aliphatic rings. The average molecular weight is 140 g/mol. The first-order chi connectivity index (χ1) is 4.70. The Hall–Kier alpha value is -0.590. The number of hydrogen-bond acceptors (Lipinski definition) is 1. The van der Waals surface area contributed by atoms with Gasteiger partial charge in [-0.1, -0.05) is 19.4 Å². The van der Waals surface area contributed by atoms with E-state index in [0.717, 1.165) is 12.8 Å². The topological polar surface area (TPSA) is 17.1 Å². The molecule has 0 aromatic rings. The maximum atomic E-state index is 10.7. The number of allylic oxidation sites excluding steroid dienone is 1. The van der Waals surface area contributed by atoms with E-state index in [-0.39, 0.29) is 5.78 Å². The third-order valence-electron chi connectivity index (χ3n) is 1.65. The maximum absolute atomic E-state index is 10.7. The lowest BCUT2D eigenvalue weighted by atomic mass is 9.97. The van der Waals surface area contributed by atoms with Gasteiger partial charge >= 0.3 is 0 Å². The zero-order chi connectivity index (χ0) is 7.98. The third kappa shape index (κ3) is 4.30. The molecule has 0 spiro atoms. The molecule has 0 radical (unpaired) electrons. The molecule has 58 valence electrons. The minimum atomic E-state index is 0.286. The van der Waals surface area contributed by atoms with Crippen LogP contribution in [0.3, 0.4) is 0 Å². The molecule has 0 aliphatic carbocycles. The Labute approximate surface area is 63.1 Å². The van der Waals surface area contributed by atoms with E-state index in [2.05, 4.69) is 13.5 Å². The monoisotopic (exact) mass is 140 g/mol. The van der Waals surface area contributed by atoms with Gasteiger partial charge in [0.05, 0.1) is 0 Å². The highest BCUT2D eigenvalue weighted by Crippen LogP contribution is 2.13. The maximum Gasteiger partial charge on any atom is 0.130 e. The van der Waals surface area contributed by atoms with Crippen LogP contribution in [-0.2, 0) is 4.79 Å². The van der Waals surface area contributed by atoms with Crippen molar-refractivity contribution in [1.29, 1.82) is 0 Å². The van der Waals surface area contributed by atoms with Gasteiger partial charge in [-0.25, -0.2) is 0 Å². The summed E-state index contributed by atoms with van der Waals surface area (Å²) in [5, 5.41) is 0. The van der Waals surface area contributed by atoms with Crippen molar-refractivity contribution in [2.24, 2.45) is 5.92 Å². The van der Waals surface area contributed by atoms with E-state index in [4.69, 9.17) is 0 Å². The molecule has 0 N–H and O–H groups in total. The zero-order valence-electron chi connectivity index (χ0n) is 6.89. The van der Waals surface area contributed by atoms with E-state index in [0.29, 0.717) is 12.3 Å². The van der Waals surface area contributed by atoms with Crippen LogP contribution in [0.15, 0.2) is 12.7 Å². The second-order valence-corrected chi connectivity index (χ2v) is 2.70. The van der Waals surface area contributed by atoms with Crippen LogP contribution >= 0.6 is 0 Å². The Bertz CT molecular complexity index is 116. The van der Waals surface area contributed by atoms with Crippen molar-refractivity contribution in [2.45, 2.75) is 33.1 Å². The van der Waals surface area contributed by atoms with Crippen molar-refractivity contribution in [1.82, 2.24) is 0 Å². The summed E-state index contributed by atoms with van der Waals surface area (Å²) in [6.45, 7) is 7.40. The van der Waals surface area contributed by atoms with E-state index in [1.165, 1.54) is 0 Å². The van der Waals surface area contributed by atoms with Crippen molar-refractivity contribution in [2.75, 3.05) is 0 Å². The van der Waals surface area contributed by atoms with Crippen molar-refractivity contribution in [3.8, 4) is 0 Å². The van der Waals surface area contributed by atoms with E-state index in [1.807, 2.05) is 6.08 Å². The summed E-state index contributed by atoms with van der Waals surface area (Å²) in [4.78, 5) is 10.7. The molecule has 1 nitrogen and oxygen atoms in total. The molecular weight excluding hydrogens is 124 g/mol. The normalized spacial score (nSPS) is 12.6. The molecule has 1 heteroatoms. The van der Waals surface area contributed by atoms with Gasteiger partial charge in [0.15, 0.2) is 0 Å². The molecular formula is C9H16O. The number of Topliss-reactive ketones (excluding diaryl/α,β-unsaturated/α-hetero) is 1. The van der Waals surface area contributed by atoms with Crippen LogP contribution in [0.2, 0.25) is 0 Å². The van der Waals surface area contributed by atoms with E-state index >= 15 is 0 Å². The van der Waals surface area contributed by atoms with Crippen LogP contribution in [-0.4, -0.2) is 5.78 Å². The molecule has 1 unspecified atom stereocenters. The van der Waals surface area contributed by atoms with Gasteiger partial charge in [0.2, 0.25) is 0 Å². The Morgan fingerprint density at radius 3 is 2.60 bits per heavy atom. The molecule has 0 saturated carbocycles. The molecule has 0 amide bonds. The standard InChI is InChI=1S/C9H16O/c1-4-6-9(5-2)7-8(3)10/h4,9H,1,5-7H2,2-3H3. The molecule has 0 fully saturated rings. The van der Waals surface area contributed by atoms with Crippen LogP contribution < -0.4 is 0 Å². The second kappa shape index (κ2) is 5.21. The molecule has 0 aromatic heterocycles. The highest BCUT2D eigenvalue weighted by Gasteiger charge is 2.05. The highest BCUT2D eigenvalue weighted by atomic mass is 16.1. The van der Waals surface area contributed by atoms with Gasteiger partial charge in [-0.2, -0.15) is 0 Å². The molecule has 0 rings (SSSR count). The second-order valence-electron chi connectivity index (χ2n) is 2.70. The van der Waals surface area contributed by atoms with Crippen molar-refractivity contribution in [3.05, 3.63) is 12.7 Å². The largest absolute Gasteiger partial charge is 0.300 e. The fourth-order valence-electron chi connectivity index (χ4n) is 1.04. The lowest BCUT2D eigenvalue weighted by molar-refractivity contribution is -0.117. The number of carbonyl (C=O) groups excluding carboxylic acids is 1. The van der Waals surface area contributed by atoms with Crippen LogP contribution in [0.1, 0.15) is 33.1 Å². The van der Waals surface area contributed by atoms with E-state index in [1.54, 1.807) is 6.92 Å². The van der Waals surface area contributed by atoms with Crippen LogP contribution in [0.5, 0.6) is 0 Å². The predicted molar refractivity (Wildman–Crippen MR) is 43.9 cm³/mol. The lowest BCUT2D eigenvalue weighted by Gasteiger charge is -2.08. The van der Waals surface area contributed by atoms with Crippen LogP contribution in [0.25, 0.3) is 0 Å². The molecule has 0 aliphatic heterocycles. The van der Waals surface area contributed by atoms with Gasteiger partial charge in [0.25, 0.3) is 0 Å². The van der Waals surface area contributed by atoms with Gasteiger partial charge in [0, 0.05) is 6.42 Å². The van der Waals surface area contributed by atoms with E-state index < -0.39 is 0 Å². The summed E-state index contributed by atoms with van der Waals surface area (Å²) in [6.07, 6.45) is 4.64. The minimum absolute atomic E-state index is 0.286. The first kappa shape index (κ1) is 9.41. The van der Waals surface area contributed by atoms with Gasteiger partial charge in [0.1, 0.15) is 5.78 Å². The lowest BCUT2D eigenvalue weighted by Crippen LogP contribution is -2.03. The quantitative estimate of drug-likeness (QED) is 0.536. The molecule has 1 atom stereocenters. The summed E-state index contributed by atoms with van der Waals surface area (Å²) in [6, 6.07) is 0. The summed E-state index contributed by atoms with van der Waals surface area (Å²) >= 11 is 0. The summed E-state index contributed by atoms with van der Waals surface area (Å²) in [5.74, 6) is 0.809. The van der Waals surface area contributed by atoms with Gasteiger partial charge in [-0.05, 0) is 19.3 Å². The SMILES string of the molecule is C=CCC(CC)CC(C)=O. The first-order valence-electron chi connectivity index (χ1n) is 3.81. The molecule has 0 aromatic carbocycles. The molecule has 0 bridgehead atoms. The third-order valence-corrected chi connectivity index (χ3v) is 1.65. The Kier molecular flexibility index (Phi) is 4.91. The summed E-state index contributed by atoms with van der Waals surface area (Å²) in [7, 11) is 0. The fraction of sp³-hybridized carbons (Fsp3) is 0.667. The van der Waals surface area contributed by atoms with Crippen LogP contribution in [0, 0.1) is 5.92 Å². The smallest absolute Gasteiger partial charge is 0.130 e. The molecule has 0 saturated heterocycles. The summed E-state index contributed by atoms with van der Waals surface area (Å²) < 4.78 is 0. The first-order valence-corrected chi connectivity index (χ1v) is 3.81. The number of rotatable bonds is 5. The van der Waals surface area contributed by atoms with Crippen molar-refractivity contribution < 1.29 is 4.79 Å². The highest BCUT2D eigenvalue weighted by molar-refractivity contribution is 5.75. The fourth-order valence-corrected chi connectivity index (χ4v) is 1.04. The van der Waals surface area contributed by atoms with Crippen LogP contribution in [0.4, 0.5) is 0 Å². The predicted octanol–water partition coefficient (Wildman–Crippen LogP) is 2.57. The Morgan fingerprint density at radius 2 is 2.30 bits per heavy atom. The molecule has 10 heavy (non-hydrogen) atoms. The number of hydrogen-bond donors (Lipinski definition) is 0. The zero-order valence-corrected chi connectivity index (χ0v) is 6.89. The Morgan fingerprint density at radius 1 is 1.70 bits per heavy atom. The van der Waals surface area contributed by atoms with Gasteiger partial charge < -0.3 is 4.79 Å². The van der Waals surface area contributed by atoms with Crippen molar-refractivity contribution in [3.63, 3.8) is 0 Å². The molecule has 0 heterocycles. The van der Waals surface area contributed by atoms with E-state index in [9.17, 15) is 4.79 Å². The van der Waals surface area contributed by atoms with Gasteiger partial charge in [-0.3, -0.25) is 0 Å². The number of ketones is 1. The number of carbonyl (C=O) groups is 1. The summed E-state index contributed by atoms with van der Waals surface area (Å²) in [5.41, 5.74) is 0. The Balaban J connectivity index is 3.59. The van der Waals surface area contributed by atoms with Crippen molar-refractivity contribution >= 4 is 5.78 Å². The minimum Gasteiger partial charge on any atom is -0.300 e.